The Labute approximate surface area is 419 Å². The van der Waals surface area contributed by atoms with Gasteiger partial charge in [-0.15, -0.1) is 0 Å². The summed E-state index contributed by atoms with van der Waals surface area (Å²) in [5.41, 5.74) is 0.278. The van der Waals surface area contributed by atoms with Gasteiger partial charge in [0.15, 0.2) is 22.2 Å². The molecule has 5 N–H and O–H groups in total. The van der Waals surface area contributed by atoms with Gasteiger partial charge in [0.25, 0.3) is 40.5 Å². The number of ether oxygens (including phenoxy) is 2. The third-order valence-electron chi connectivity index (χ3n) is 12.3. The molecular weight excluding hydrogens is 1080 g/mol. The zero-order valence-corrected chi connectivity index (χ0v) is 43.1. The lowest BCUT2D eigenvalue weighted by atomic mass is 9.76. The summed E-state index contributed by atoms with van der Waals surface area (Å²) in [4.78, 5) is 11.1. The Balaban J connectivity index is 1.51. The summed E-state index contributed by atoms with van der Waals surface area (Å²) in [6, 6.07) is 7.69. The van der Waals surface area contributed by atoms with Crippen LogP contribution in [0.4, 0.5) is 28.9 Å². The lowest BCUT2D eigenvalue weighted by molar-refractivity contribution is -0.438. The quantitative estimate of drug-likeness (QED) is 0.00965. The van der Waals surface area contributed by atoms with Crippen LogP contribution >= 0.6 is 0 Å². The largest absolute Gasteiger partial charge is 0.420 e. The molecule has 0 saturated heterocycles. The first-order valence-electron chi connectivity index (χ1n) is 21.8. The van der Waals surface area contributed by atoms with E-state index in [1.807, 2.05) is 4.90 Å². The number of halogens is 4. The standard InChI is InChI=1S/C44H50F4N2O18S5/c1-43(19-10-24-69(52,53)54)30-26-28(71(58,59)60)15-17-32(30)49(21-9-5-8-14-36(51)68-41-37(45)39(47)42(73(64,65)66)40(48)38(41)46)34(43)12-6-4-7-13-35-44(2,20-11-25-70(55,56)57)31-27-29(72(61,62)63)16-18-33(31)50(35)22-23-67-3/h4,6-7,12-13,15-18,26-27H,5,8-11,14,19-25H2,1-3H3,(H4-,52,53,54,55,56,57,58,59,60,61,62,63,64,65,66)/p+1. The highest BCUT2D eigenvalue weighted by atomic mass is 32.2. The second-order valence-corrected chi connectivity index (χ2v) is 24.7. The van der Waals surface area contributed by atoms with Gasteiger partial charge < -0.3 is 14.4 Å². The molecule has 0 aromatic heterocycles. The minimum atomic E-state index is -5.77. The molecule has 0 amide bonds. The molecule has 3 aromatic rings. The Kier molecular flexibility index (Phi) is 18.2. The first-order chi connectivity index (χ1) is 33.7. The van der Waals surface area contributed by atoms with Crippen molar-refractivity contribution >= 4 is 73.6 Å². The third-order valence-corrected chi connectivity index (χ3v) is 16.5. The van der Waals surface area contributed by atoms with Crippen molar-refractivity contribution < 1.29 is 101 Å². The fourth-order valence-corrected chi connectivity index (χ4v) is 11.6. The fraction of sp³-hybridized carbons (Fsp3) is 0.409. The number of carbonyl (C=O) groups is 1. The second-order valence-electron chi connectivity index (χ2n) is 17.4. The molecule has 0 radical (unpaired) electrons. The molecule has 20 nitrogen and oxygen atoms in total. The Morgan fingerprint density at radius 3 is 1.75 bits per heavy atom. The molecule has 2 atom stereocenters. The molecule has 0 bridgehead atoms. The minimum absolute atomic E-state index is 0.0236. The van der Waals surface area contributed by atoms with Crippen LogP contribution in [0.3, 0.4) is 0 Å². The van der Waals surface area contributed by atoms with Crippen molar-refractivity contribution in [2.24, 2.45) is 0 Å². The number of benzene rings is 3. The highest BCUT2D eigenvalue weighted by Gasteiger charge is 2.48. The van der Waals surface area contributed by atoms with Gasteiger partial charge in [0.05, 0.1) is 33.3 Å². The van der Waals surface area contributed by atoms with Gasteiger partial charge in [-0.2, -0.15) is 55.4 Å². The van der Waals surface area contributed by atoms with Crippen LogP contribution in [0, 0.1) is 23.3 Å². The van der Waals surface area contributed by atoms with E-state index in [-0.39, 0.29) is 64.6 Å². The molecule has 0 saturated carbocycles. The second kappa shape index (κ2) is 22.5. The predicted molar refractivity (Wildman–Crippen MR) is 254 cm³/mol. The molecule has 3 aromatic carbocycles. The summed E-state index contributed by atoms with van der Waals surface area (Å²) in [7, 11) is -22.7. The number of nitrogens with zero attached hydrogens (tertiary/aromatic N) is 2. The average molecular weight is 1130 g/mol. The SMILES string of the molecule is COCCN1/C(=C/C=C/C=C/C2=[N+](CCCCCC(=O)Oc3c(F)c(F)c(S(=O)(=O)O)c(F)c3F)c3ccc(S(=O)(=O)O)cc3C2(C)CCCS(=O)(=O)O)C(C)(CCCS(=O)(=O)O)c2cc(S(=O)(=O)O)ccc21. The fourth-order valence-electron chi connectivity index (χ4n) is 8.94. The smallest absolute Gasteiger partial charge is 0.311 e. The Morgan fingerprint density at radius 1 is 0.671 bits per heavy atom. The van der Waals surface area contributed by atoms with Crippen LogP contribution in [0.5, 0.6) is 5.75 Å². The number of anilines is 1. The molecule has 2 unspecified atom stereocenters. The monoisotopic (exact) mass is 1130 g/mol. The zero-order chi connectivity index (χ0) is 54.7. The van der Waals surface area contributed by atoms with Crippen LogP contribution in [0.1, 0.15) is 76.3 Å². The maximum atomic E-state index is 14.5. The summed E-state index contributed by atoms with van der Waals surface area (Å²) < 4.78 is 236. The predicted octanol–water partition coefficient (Wildman–Crippen LogP) is 6.26. The van der Waals surface area contributed by atoms with E-state index in [0.29, 0.717) is 33.9 Å². The van der Waals surface area contributed by atoms with Crippen molar-refractivity contribution in [2.75, 3.05) is 43.2 Å². The number of methoxy groups -OCH3 is 1. The molecule has 5 rings (SSSR count). The average Bonchev–Trinajstić information content (AvgIpc) is 3.63. The third kappa shape index (κ3) is 13.9. The number of unbranched alkanes of at least 4 members (excludes halogenated alkanes) is 2. The van der Waals surface area contributed by atoms with E-state index < -0.39 is 129 Å². The van der Waals surface area contributed by atoms with Gasteiger partial charge in [0, 0.05) is 61.0 Å². The molecule has 402 valence electrons. The van der Waals surface area contributed by atoms with Crippen LogP contribution in [-0.4, -0.2) is 119 Å². The summed E-state index contributed by atoms with van der Waals surface area (Å²) >= 11 is 0. The Morgan fingerprint density at radius 2 is 1.22 bits per heavy atom. The van der Waals surface area contributed by atoms with Gasteiger partial charge in [-0.3, -0.25) is 27.6 Å². The molecule has 2 aliphatic rings. The van der Waals surface area contributed by atoms with E-state index >= 15 is 0 Å². The topological polar surface area (TPSA) is 314 Å². The number of hydrogen-bond donors (Lipinski definition) is 5. The lowest BCUT2D eigenvalue weighted by Crippen LogP contribution is -2.32. The summed E-state index contributed by atoms with van der Waals surface area (Å²) in [6.07, 6.45) is 7.57. The van der Waals surface area contributed by atoms with E-state index in [2.05, 4.69) is 4.74 Å². The van der Waals surface area contributed by atoms with Gasteiger partial charge in [0.1, 0.15) is 6.54 Å². The number of fused-ring (bicyclic) bond motifs is 2. The van der Waals surface area contributed by atoms with Gasteiger partial charge in [-0.25, -0.2) is 8.78 Å². The molecule has 0 fully saturated rings. The maximum absolute atomic E-state index is 14.5. The number of allylic oxidation sites excluding steroid dienone is 6. The van der Waals surface area contributed by atoms with Crippen molar-refractivity contribution in [1.82, 2.24) is 0 Å². The van der Waals surface area contributed by atoms with Crippen molar-refractivity contribution in [2.45, 2.75) is 90.7 Å². The van der Waals surface area contributed by atoms with Crippen LogP contribution in [0.15, 0.2) is 87.2 Å². The van der Waals surface area contributed by atoms with Crippen molar-refractivity contribution in [3.05, 3.63) is 107 Å². The van der Waals surface area contributed by atoms with Crippen LogP contribution in [0.25, 0.3) is 0 Å². The number of esters is 1. The van der Waals surface area contributed by atoms with Crippen LogP contribution in [0.2, 0.25) is 0 Å². The molecule has 0 spiro atoms. The van der Waals surface area contributed by atoms with E-state index in [9.17, 15) is 82.7 Å². The summed E-state index contributed by atoms with van der Waals surface area (Å²) in [6.45, 7) is 3.88. The van der Waals surface area contributed by atoms with Gasteiger partial charge >= 0.3 is 16.1 Å². The Bertz CT molecular complexity index is 3350. The van der Waals surface area contributed by atoms with E-state index in [0.717, 1.165) is 6.07 Å². The zero-order valence-electron chi connectivity index (χ0n) is 39.0. The van der Waals surface area contributed by atoms with Crippen LogP contribution < -0.4 is 9.64 Å². The molecular formula is C44H51F4N2O18S5+. The Hall–Kier alpha value is -4.95. The summed E-state index contributed by atoms with van der Waals surface area (Å²) in [5.74, 6) is -14.4. The molecule has 2 aliphatic heterocycles. The highest BCUT2D eigenvalue weighted by molar-refractivity contribution is 7.86. The lowest BCUT2D eigenvalue weighted by Gasteiger charge is -2.30. The highest BCUT2D eigenvalue weighted by Crippen LogP contribution is 2.51. The van der Waals surface area contributed by atoms with Crippen molar-refractivity contribution in [3.8, 4) is 5.75 Å². The van der Waals surface area contributed by atoms with Crippen LogP contribution in [-0.2, 0) is 71.0 Å². The van der Waals surface area contributed by atoms with Gasteiger partial charge in [0.2, 0.25) is 23.1 Å². The summed E-state index contributed by atoms with van der Waals surface area (Å²) in [5, 5.41) is 0. The van der Waals surface area contributed by atoms with Crippen molar-refractivity contribution in [1.29, 1.82) is 0 Å². The number of hydrogen-bond acceptors (Lipinski definition) is 14. The first-order valence-corrected chi connectivity index (χ1v) is 29.3. The maximum Gasteiger partial charge on any atom is 0.311 e. The molecule has 29 heteroatoms. The molecule has 2 heterocycles. The minimum Gasteiger partial charge on any atom is -0.420 e. The van der Waals surface area contributed by atoms with Crippen molar-refractivity contribution in [3.63, 3.8) is 0 Å². The van der Waals surface area contributed by atoms with Gasteiger partial charge in [-0.1, -0.05) is 18.2 Å². The number of carbonyl (C=O) groups excluding carboxylic acids is 1. The van der Waals surface area contributed by atoms with Gasteiger partial charge in [-0.05, 0) is 94.3 Å². The van der Waals surface area contributed by atoms with E-state index in [1.165, 1.54) is 37.4 Å². The van der Waals surface area contributed by atoms with E-state index in [4.69, 9.17) is 9.29 Å². The van der Waals surface area contributed by atoms with E-state index in [1.54, 1.807) is 48.8 Å². The number of rotatable bonds is 24. The molecule has 73 heavy (non-hydrogen) atoms. The molecule has 0 aliphatic carbocycles. The first kappa shape index (κ1) is 58.9. The normalized spacial score (nSPS) is 19.2.